The lowest BCUT2D eigenvalue weighted by Crippen LogP contribution is -2.46. The smallest absolute Gasteiger partial charge is 0.326 e. The zero-order valence-corrected chi connectivity index (χ0v) is 14.0. The number of carbonyl (C=O) groups is 3. The summed E-state index contributed by atoms with van der Waals surface area (Å²) in [7, 11) is 0. The lowest BCUT2D eigenvalue weighted by molar-refractivity contribution is -0.139. The number of aldehydes is 1. The summed E-state index contributed by atoms with van der Waals surface area (Å²) >= 11 is 6.05. The molecule has 1 rings (SSSR count). The van der Waals surface area contributed by atoms with E-state index in [2.05, 4.69) is 16.0 Å². The molecule has 1 unspecified atom stereocenters. The monoisotopic (exact) mass is 355 g/mol. The van der Waals surface area contributed by atoms with Gasteiger partial charge in [-0.2, -0.15) is 0 Å². The molecular formula is C16H22ClN3O4. The predicted molar refractivity (Wildman–Crippen MR) is 91.0 cm³/mol. The van der Waals surface area contributed by atoms with Crippen LogP contribution in [-0.4, -0.2) is 42.5 Å². The van der Waals surface area contributed by atoms with Gasteiger partial charge in [0.1, 0.15) is 12.3 Å². The maximum absolute atomic E-state index is 11.4. The fourth-order valence-corrected chi connectivity index (χ4v) is 2.27. The van der Waals surface area contributed by atoms with Crippen molar-refractivity contribution in [2.45, 2.75) is 31.8 Å². The van der Waals surface area contributed by atoms with Gasteiger partial charge in [0.15, 0.2) is 0 Å². The fourth-order valence-electron chi connectivity index (χ4n) is 2.06. The average molecular weight is 356 g/mol. The Morgan fingerprint density at radius 2 is 2.00 bits per heavy atom. The number of carboxylic acids is 1. The number of carboxylic acid groups (broad SMARTS) is 1. The van der Waals surface area contributed by atoms with Crippen LogP contribution in [0.2, 0.25) is 5.02 Å². The predicted octanol–water partition coefficient (Wildman–Crippen LogP) is 1.55. The van der Waals surface area contributed by atoms with Crippen LogP contribution in [0.15, 0.2) is 24.3 Å². The van der Waals surface area contributed by atoms with Crippen LogP contribution in [0.3, 0.4) is 0 Å². The lowest BCUT2D eigenvalue weighted by atomic mass is 10.1. The molecule has 1 aromatic carbocycles. The van der Waals surface area contributed by atoms with Gasteiger partial charge in [-0.15, -0.1) is 0 Å². The third-order valence-electron chi connectivity index (χ3n) is 3.32. The van der Waals surface area contributed by atoms with Crippen molar-refractivity contribution in [3.05, 3.63) is 34.9 Å². The summed E-state index contributed by atoms with van der Waals surface area (Å²) in [6.07, 6.45) is 2.25. The molecule has 7 nitrogen and oxygen atoms in total. The quantitative estimate of drug-likeness (QED) is 0.356. The number of benzene rings is 1. The van der Waals surface area contributed by atoms with E-state index in [1.807, 2.05) is 24.3 Å². The molecular weight excluding hydrogens is 334 g/mol. The maximum Gasteiger partial charge on any atom is 0.326 e. The summed E-state index contributed by atoms with van der Waals surface area (Å²) in [6, 6.07) is 5.93. The van der Waals surface area contributed by atoms with E-state index in [1.165, 1.54) is 0 Å². The fraction of sp³-hybridized carbons (Fsp3) is 0.438. The van der Waals surface area contributed by atoms with Gasteiger partial charge < -0.3 is 25.9 Å². The van der Waals surface area contributed by atoms with Gasteiger partial charge in [0.05, 0.1) is 6.54 Å². The minimum Gasteiger partial charge on any atom is -0.480 e. The van der Waals surface area contributed by atoms with Crippen molar-refractivity contribution in [3.8, 4) is 0 Å². The first-order valence-corrected chi connectivity index (χ1v) is 8.07. The molecule has 24 heavy (non-hydrogen) atoms. The number of unbranched alkanes of at least 4 members (excludes halogenated alkanes) is 1. The summed E-state index contributed by atoms with van der Waals surface area (Å²) < 4.78 is 0. The van der Waals surface area contributed by atoms with Crippen LogP contribution in [0.25, 0.3) is 0 Å². The van der Waals surface area contributed by atoms with E-state index >= 15 is 0 Å². The molecule has 2 amide bonds. The van der Waals surface area contributed by atoms with Gasteiger partial charge in [-0.1, -0.05) is 29.8 Å². The van der Waals surface area contributed by atoms with Crippen molar-refractivity contribution >= 4 is 29.9 Å². The molecule has 4 N–H and O–H groups in total. The second-order valence-electron chi connectivity index (χ2n) is 5.18. The van der Waals surface area contributed by atoms with E-state index in [9.17, 15) is 14.4 Å². The van der Waals surface area contributed by atoms with Crippen molar-refractivity contribution in [2.24, 2.45) is 0 Å². The molecule has 0 heterocycles. The molecule has 0 bridgehead atoms. The van der Waals surface area contributed by atoms with Crippen LogP contribution in [0.1, 0.15) is 24.8 Å². The molecule has 1 aromatic rings. The van der Waals surface area contributed by atoms with E-state index in [0.29, 0.717) is 30.7 Å². The van der Waals surface area contributed by atoms with Gasteiger partial charge in [0.2, 0.25) is 0 Å². The van der Waals surface area contributed by atoms with Crippen LogP contribution < -0.4 is 16.0 Å². The van der Waals surface area contributed by atoms with E-state index in [0.717, 1.165) is 18.5 Å². The van der Waals surface area contributed by atoms with E-state index in [1.54, 1.807) is 0 Å². The number of hydrogen-bond donors (Lipinski definition) is 4. The molecule has 8 heteroatoms. The standard InChI is InChI=1S/C16H22ClN3O4/c17-13-6-2-1-5-12(13)11-18-8-4-3-7-14(15(22)23)20-16(24)19-9-10-21/h1-2,5-6,10,14,18H,3-4,7-9,11H2,(H,22,23)(H2,19,20,24). The molecule has 1 atom stereocenters. The molecule has 0 radical (unpaired) electrons. The van der Waals surface area contributed by atoms with Crippen LogP contribution in [0, 0.1) is 0 Å². The Balaban J connectivity index is 2.21. The van der Waals surface area contributed by atoms with Crippen LogP contribution in [0.4, 0.5) is 4.79 Å². The number of urea groups is 1. The second-order valence-corrected chi connectivity index (χ2v) is 5.58. The van der Waals surface area contributed by atoms with Gasteiger partial charge in [0, 0.05) is 11.6 Å². The molecule has 0 fully saturated rings. The van der Waals surface area contributed by atoms with E-state index < -0.39 is 18.0 Å². The van der Waals surface area contributed by atoms with Gasteiger partial charge in [-0.25, -0.2) is 9.59 Å². The number of halogens is 1. The average Bonchev–Trinajstić information content (AvgIpc) is 2.56. The summed E-state index contributed by atoms with van der Waals surface area (Å²) in [6.45, 7) is 1.22. The summed E-state index contributed by atoms with van der Waals surface area (Å²) in [5.41, 5.74) is 1.01. The highest BCUT2D eigenvalue weighted by molar-refractivity contribution is 6.31. The summed E-state index contributed by atoms with van der Waals surface area (Å²) in [5.74, 6) is -1.10. The largest absolute Gasteiger partial charge is 0.480 e. The zero-order valence-electron chi connectivity index (χ0n) is 13.3. The molecule has 0 aliphatic heterocycles. The molecule has 0 saturated heterocycles. The zero-order chi connectivity index (χ0) is 17.8. The first-order valence-electron chi connectivity index (χ1n) is 7.69. The molecule has 0 spiro atoms. The van der Waals surface area contributed by atoms with Crippen molar-refractivity contribution in [1.29, 1.82) is 0 Å². The number of hydrogen-bond acceptors (Lipinski definition) is 4. The number of aliphatic carboxylic acids is 1. The Bertz CT molecular complexity index is 554. The minimum absolute atomic E-state index is 0.149. The molecule has 132 valence electrons. The van der Waals surface area contributed by atoms with Crippen molar-refractivity contribution in [2.75, 3.05) is 13.1 Å². The first kappa shape index (κ1) is 19.9. The second kappa shape index (κ2) is 11.4. The summed E-state index contributed by atoms with van der Waals surface area (Å²) in [4.78, 5) is 32.6. The number of nitrogens with one attached hydrogen (secondary N) is 3. The number of amides is 2. The van der Waals surface area contributed by atoms with E-state index in [4.69, 9.17) is 16.7 Å². The number of carbonyl (C=O) groups excluding carboxylic acids is 2. The summed E-state index contributed by atoms with van der Waals surface area (Å²) in [5, 5.41) is 17.6. The van der Waals surface area contributed by atoms with Crippen LogP contribution in [-0.2, 0) is 16.1 Å². The van der Waals surface area contributed by atoms with Crippen LogP contribution in [0.5, 0.6) is 0 Å². The lowest BCUT2D eigenvalue weighted by Gasteiger charge is -2.14. The molecule has 0 aliphatic carbocycles. The minimum atomic E-state index is -1.10. The number of rotatable bonds is 11. The van der Waals surface area contributed by atoms with Gasteiger partial charge in [0.25, 0.3) is 0 Å². The highest BCUT2D eigenvalue weighted by Crippen LogP contribution is 2.14. The van der Waals surface area contributed by atoms with Gasteiger partial charge >= 0.3 is 12.0 Å². The van der Waals surface area contributed by atoms with E-state index in [-0.39, 0.29) is 6.54 Å². The van der Waals surface area contributed by atoms with Gasteiger partial charge in [-0.05, 0) is 37.4 Å². The first-order chi connectivity index (χ1) is 11.5. The highest BCUT2D eigenvalue weighted by atomic mass is 35.5. The maximum atomic E-state index is 11.4. The SMILES string of the molecule is O=CCNC(=O)NC(CCCCNCc1ccccc1Cl)C(=O)O. The Hall–Kier alpha value is -2.12. The topological polar surface area (TPSA) is 108 Å². The Morgan fingerprint density at radius 1 is 1.25 bits per heavy atom. The van der Waals surface area contributed by atoms with Crippen molar-refractivity contribution in [1.82, 2.24) is 16.0 Å². The highest BCUT2D eigenvalue weighted by Gasteiger charge is 2.18. The normalized spacial score (nSPS) is 11.5. The van der Waals surface area contributed by atoms with Gasteiger partial charge in [-0.3, -0.25) is 0 Å². The van der Waals surface area contributed by atoms with Crippen molar-refractivity contribution in [3.63, 3.8) is 0 Å². The Labute approximate surface area is 145 Å². The third-order valence-corrected chi connectivity index (χ3v) is 3.69. The molecule has 0 saturated carbocycles. The molecule has 0 aliphatic rings. The third kappa shape index (κ3) is 7.94. The van der Waals surface area contributed by atoms with Crippen molar-refractivity contribution < 1.29 is 19.5 Å². The molecule has 0 aromatic heterocycles. The van der Waals surface area contributed by atoms with Crippen LogP contribution >= 0.6 is 11.6 Å². The Morgan fingerprint density at radius 3 is 2.67 bits per heavy atom. The Kier molecular flexibility index (Phi) is 9.48.